The number of thioether (sulfide) groups is 1. The molecule has 9 nitrogen and oxygen atoms in total. The van der Waals surface area contributed by atoms with Crippen molar-refractivity contribution in [3.8, 4) is 23.0 Å². The van der Waals surface area contributed by atoms with Crippen molar-refractivity contribution >= 4 is 17.7 Å². The number of carbonyl (C=O) groups is 1. The van der Waals surface area contributed by atoms with E-state index in [1.54, 1.807) is 6.20 Å². The molecule has 0 N–H and O–H groups in total. The smallest absolute Gasteiger partial charge is 0.344 e. The molecule has 0 bridgehead atoms. The summed E-state index contributed by atoms with van der Waals surface area (Å²) >= 11 is 1.42. The first-order chi connectivity index (χ1) is 16.0. The summed E-state index contributed by atoms with van der Waals surface area (Å²) in [6.07, 6.45) is 4.65. The summed E-state index contributed by atoms with van der Waals surface area (Å²) in [4.78, 5) is 29.5. The highest BCUT2D eigenvalue weighted by Gasteiger charge is 2.20. The van der Waals surface area contributed by atoms with Gasteiger partial charge in [0.05, 0.1) is 31.1 Å². The molecule has 0 fully saturated rings. The van der Waals surface area contributed by atoms with Gasteiger partial charge >= 0.3 is 5.97 Å². The molecule has 2 aromatic heterocycles. The highest BCUT2D eigenvalue weighted by molar-refractivity contribution is 7.98. The van der Waals surface area contributed by atoms with E-state index in [-0.39, 0.29) is 11.3 Å². The number of esters is 1. The first-order valence-corrected chi connectivity index (χ1v) is 11.5. The van der Waals surface area contributed by atoms with E-state index in [2.05, 4.69) is 4.98 Å². The van der Waals surface area contributed by atoms with Gasteiger partial charge in [-0.3, -0.25) is 4.79 Å². The Morgan fingerprint density at radius 2 is 1.70 bits per heavy atom. The molecule has 3 aromatic rings. The molecule has 0 aliphatic heterocycles. The molecule has 33 heavy (non-hydrogen) atoms. The topological polar surface area (TPSA) is 102 Å². The summed E-state index contributed by atoms with van der Waals surface area (Å²) in [5.41, 5.74) is -0.315. The molecular formula is C23H26N2O7S. The van der Waals surface area contributed by atoms with Crippen LogP contribution in [0.4, 0.5) is 0 Å². The van der Waals surface area contributed by atoms with E-state index in [0.717, 1.165) is 11.4 Å². The highest BCUT2D eigenvalue weighted by atomic mass is 32.2. The molecule has 0 saturated heterocycles. The van der Waals surface area contributed by atoms with Gasteiger partial charge in [0.2, 0.25) is 16.9 Å². The summed E-state index contributed by atoms with van der Waals surface area (Å²) in [6, 6.07) is 4.30. The van der Waals surface area contributed by atoms with Crippen LogP contribution in [-0.4, -0.2) is 35.3 Å². The third kappa shape index (κ3) is 6.10. The van der Waals surface area contributed by atoms with E-state index < -0.39 is 11.4 Å². The van der Waals surface area contributed by atoms with Crippen molar-refractivity contribution in [2.24, 2.45) is 7.05 Å². The van der Waals surface area contributed by atoms with E-state index in [4.69, 9.17) is 23.4 Å². The van der Waals surface area contributed by atoms with Gasteiger partial charge in [0.1, 0.15) is 12.0 Å². The zero-order chi connectivity index (χ0) is 23.8. The maximum atomic E-state index is 12.8. The van der Waals surface area contributed by atoms with Gasteiger partial charge in [0, 0.05) is 25.5 Å². The van der Waals surface area contributed by atoms with E-state index in [1.165, 1.54) is 30.0 Å². The van der Waals surface area contributed by atoms with Gasteiger partial charge in [-0.15, -0.1) is 0 Å². The number of aryl methyl sites for hydroxylation is 1. The summed E-state index contributed by atoms with van der Waals surface area (Å²) in [6.45, 7) is 6.61. The van der Waals surface area contributed by atoms with Crippen molar-refractivity contribution in [2.75, 3.05) is 19.8 Å². The molecule has 0 unspecified atom stereocenters. The minimum atomic E-state index is -0.748. The zero-order valence-corrected chi connectivity index (χ0v) is 19.8. The second kappa shape index (κ2) is 11.5. The standard InChI is InChI=1S/C23H26N2O7S/c1-5-28-18-10-15(11-19(29-6-2)21(18)30-7-3)22(27)32-20-13-31-16(12-17(20)26)14-33-23-24-8-9-25(23)4/h8-13H,5-7,14H2,1-4H3. The van der Waals surface area contributed by atoms with Gasteiger partial charge in [-0.05, 0) is 32.9 Å². The quantitative estimate of drug-likeness (QED) is 0.300. The van der Waals surface area contributed by atoms with Crippen molar-refractivity contribution in [1.82, 2.24) is 9.55 Å². The van der Waals surface area contributed by atoms with Gasteiger partial charge in [0.15, 0.2) is 16.7 Å². The second-order valence-corrected chi connectivity index (χ2v) is 7.62. The Hall–Kier alpha value is -3.40. The summed E-state index contributed by atoms with van der Waals surface area (Å²) in [5, 5.41) is 0.791. The molecule has 0 aliphatic rings. The third-order valence-corrected chi connectivity index (χ3v) is 5.40. The summed E-state index contributed by atoms with van der Waals surface area (Å²) < 4.78 is 29.5. The molecule has 0 saturated carbocycles. The lowest BCUT2D eigenvalue weighted by molar-refractivity contribution is 0.0727. The molecule has 0 spiro atoms. The van der Waals surface area contributed by atoms with Crippen LogP contribution >= 0.6 is 11.8 Å². The van der Waals surface area contributed by atoms with Crippen LogP contribution in [-0.2, 0) is 12.8 Å². The number of carbonyl (C=O) groups excluding carboxylic acids is 1. The lowest BCUT2D eigenvalue weighted by atomic mass is 10.2. The van der Waals surface area contributed by atoms with Gasteiger partial charge in [-0.1, -0.05) is 11.8 Å². The van der Waals surface area contributed by atoms with Crippen LogP contribution in [0.1, 0.15) is 36.9 Å². The SMILES string of the molecule is CCOc1cc(C(=O)Oc2coc(CSc3nccn3C)cc2=O)cc(OCC)c1OCC. The highest BCUT2D eigenvalue weighted by Crippen LogP contribution is 2.39. The predicted octanol–water partition coefficient (Wildman–Crippen LogP) is 4.08. The fourth-order valence-corrected chi connectivity index (χ4v) is 3.70. The first kappa shape index (κ1) is 24.2. The third-order valence-electron chi connectivity index (χ3n) is 4.32. The van der Waals surface area contributed by atoms with Crippen LogP contribution in [0.3, 0.4) is 0 Å². The van der Waals surface area contributed by atoms with E-state index in [0.29, 0.717) is 48.6 Å². The number of rotatable bonds is 11. The summed E-state index contributed by atoms with van der Waals surface area (Å²) in [7, 11) is 1.88. The van der Waals surface area contributed by atoms with Crippen molar-refractivity contribution in [1.29, 1.82) is 0 Å². The van der Waals surface area contributed by atoms with Gasteiger partial charge in [-0.25, -0.2) is 9.78 Å². The van der Waals surface area contributed by atoms with Crippen molar-refractivity contribution < 1.29 is 28.2 Å². The maximum absolute atomic E-state index is 12.8. The van der Waals surface area contributed by atoms with Gasteiger partial charge < -0.3 is 27.9 Å². The van der Waals surface area contributed by atoms with E-state index >= 15 is 0 Å². The van der Waals surface area contributed by atoms with Crippen molar-refractivity contribution in [3.05, 3.63) is 58.4 Å². The number of imidazole rings is 1. The normalized spacial score (nSPS) is 10.7. The van der Waals surface area contributed by atoms with Crippen LogP contribution in [0.2, 0.25) is 0 Å². The largest absolute Gasteiger partial charge is 0.490 e. The molecule has 0 aliphatic carbocycles. The molecule has 2 heterocycles. The minimum Gasteiger partial charge on any atom is -0.490 e. The number of nitrogens with zero attached hydrogens (tertiary/aromatic N) is 2. The minimum absolute atomic E-state index is 0.152. The Morgan fingerprint density at radius 3 is 2.24 bits per heavy atom. The average molecular weight is 475 g/mol. The fraction of sp³-hybridized carbons (Fsp3) is 0.348. The molecule has 3 rings (SSSR count). The van der Waals surface area contributed by atoms with Crippen molar-refractivity contribution in [3.63, 3.8) is 0 Å². The van der Waals surface area contributed by atoms with Crippen molar-refractivity contribution in [2.45, 2.75) is 31.7 Å². The zero-order valence-electron chi connectivity index (χ0n) is 19.0. The Bertz CT molecular complexity index is 1130. The average Bonchev–Trinajstić information content (AvgIpc) is 3.21. The predicted molar refractivity (Wildman–Crippen MR) is 123 cm³/mol. The fourth-order valence-electron chi connectivity index (χ4n) is 2.88. The van der Waals surface area contributed by atoms with Crippen LogP contribution in [0.5, 0.6) is 23.0 Å². The van der Waals surface area contributed by atoms with E-state index in [1.807, 2.05) is 38.6 Å². The number of ether oxygens (including phenoxy) is 4. The first-order valence-electron chi connectivity index (χ1n) is 10.5. The Labute approximate surface area is 195 Å². The Balaban J connectivity index is 1.78. The molecule has 10 heteroatoms. The van der Waals surface area contributed by atoms with Crippen LogP contribution in [0, 0.1) is 0 Å². The number of benzene rings is 1. The van der Waals surface area contributed by atoms with E-state index in [9.17, 15) is 9.59 Å². The molecule has 1 aromatic carbocycles. The lowest BCUT2D eigenvalue weighted by Crippen LogP contribution is -2.15. The Kier molecular flexibility index (Phi) is 8.42. The maximum Gasteiger partial charge on any atom is 0.344 e. The van der Waals surface area contributed by atoms with Gasteiger partial charge in [0.25, 0.3) is 0 Å². The molecular weight excluding hydrogens is 448 g/mol. The van der Waals surface area contributed by atoms with Gasteiger partial charge in [-0.2, -0.15) is 0 Å². The lowest BCUT2D eigenvalue weighted by Gasteiger charge is -2.16. The monoisotopic (exact) mass is 474 g/mol. The number of aromatic nitrogens is 2. The second-order valence-electron chi connectivity index (χ2n) is 6.67. The van der Waals surface area contributed by atoms with Crippen LogP contribution < -0.4 is 24.4 Å². The Morgan fingerprint density at radius 1 is 1.03 bits per heavy atom. The van der Waals surface area contributed by atoms with Crippen LogP contribution in [0.25, 0.3) is 0 Å². The molecule has 176 valence electrons. The number of hydrogen-bond acceptors (Lipinski definition) is 9. The van der Waals surface area contributed by atoms with Crippen LogP contribution in [0.15, 0.2) is 51.2 Å². The molecule has 0 radical (unpaired) electrons. The molecule has 0 amide bonds. The number of hydrogen-bond donors (Lipinski definition) is 0. The summed E-state index contributed by atoms with van der Waals surface area (Å²) in [5.74, 6) is 0.996. The molecule has 0 atom stereocenters.